The van der Waals surface area contributed by atoms with Gasteiger partial charge in [-0.3, -0.25) is 4.40 Å². The summed E-state index contributed by atoms with van der Waals surface area (Å²) < 4.78 is 2.42. The van der Waals surface area contributed by atoms with Crippen LogP contribution < -0.4 is 0 Å². The van der Waals surface area contributed by atoms with E-state index in [-0.39, 0.29) is 0 Å². The zero-order valence-corrected chi connectivity index (χ0v) is 23.6. The lowest BCUT2D eigenvalue weighted by Gasteiger charge is -2.19. The Morgan fingerprint density at radius 1 is 0.737 bits per heavy atom. The average molecular weight is 497 g/mol. The van der Waals surface area contributed by atoms with Crippen LogP contribution in [0.25, 0.3) is 49.7 Å². The monoisotopic (exact) mass is 496 g/mol. The first kappa shape index (κ1) is 24.4. The van der Waals surface area contributed by atoms with E-state index in [1.807, 2.05) is 0 Å². The van der Waals surface area contributed by atoms with Crippen LogP contribution >= 0.6 is 0 Å². The summed E-state index contributed by atoms with van der Waals surface area (Å²) in [5, 5.41) is 3.84. The number of hydrogen-bond acceptors (Lipinski definition) is 1. The van der Waals surface area contributed by atoms with E-state index in [0.29, 0.717) is 5.92 Å². The van der Waals surface area contributed by atoms with Gasteiger partial charge in [-0.05, 0) is 103 Å². The van der Waals surface area contributed by atoms with Gasteiger partial charge in [-0.1, -0.05) is 74.0 Å². The zero-order chi connectivity index (χ0) is 26.7. The lowest BCUT2D eigenvalue weighted by Crippen LogP contribution is -2.00. The number of imidazole rings is 1. The molecule has 2 nitrogen and oxygen atoms in total. The topological polar surface area (TPSA) is 17.3 Å². The average Bonchev–Trinajstić information content (AvgIpc) is 3.32. The molecule has 4 aromatic carbocycles. The van der Waals surface area contributed by atoms with Crippen molar-refractivity contribution in [2.24, 2.45) is 0 Å². The van der Waals surface area contributed by atoms with Crippen molar-refractivity contribution in [2.45, 2.75) is 60.8 Å². The van der Waals surface area contributed by atoms with Crippen LogP contribution in [0, 0.1) is 34.6 Å². The molecule has 0 spiro atoms. The van der Waals surface area contributed by atoms with Crippen molar-refractivity contribution in [2.75, 3.05) is 0 Å². The third kappa shape index (κ3) is 3.66. The molecule has 2 heteroatoms. The van der Waals surface area contributed by atoms with Gasteiger partial charge in [0.05, 0.1) is 17.4 Å². The van der Waals surface area contributed by atoms with Gasteiger partial charge in [0, 0.05) is 16.3 Å². The molecule has 1 unspecified atom stereocenters. The lowest BCUT2D eigenvalue weighted by molar-refractivity contribution is 0.740. The smallest absolute Gasteiger partial charge is 0.145 e. The molecule has 190 valence electrons. The van der Waals surface area contributed by atoms with E-state index in [4.69, 9.17) is 4.98 Å². The summed E-state index contributed by atoms with van der Waals surface area (Å²) in [6.07, 6.45) is 3.18. The number of benzene rings is 4. The van der Waals surface area contributed by atoms with E-state index in [9.17, 15) is 0 Å². The second-order valence-electron chi connectivity index (χ2n) is 11.2. The number of aryl methyl sites for hydroxylation is 5. The maximum Gasteiger partial charge on any atom is 0.145 e. The Morgan fingerprint density at radius 3 is 2.11 bits per heavy atom. The normalized spacial score (nSPS) is 12.6. The molecule has 0 aliphatic heterocycles. The highest BCUT2D eigenvalue weighted by Crippen LogP contribution is 2.40. The predicted molar refractivity (Wildman–Crippen MR) is 163 cm³/mol. The molecule has 6 aromatic rings. The molecule has 6 rings (SSSR count). The molecule has 2 heterocycles. The van der Waals surface area contributed by atoms with Crippen molar-refractivity contribution >= 4 is 27.3 Å². The molecule has 38 heavy (non-hydrogen) atoms. The molecule has 0 radical (unpaired) electrons. The van der Waals surface area contributed by atoms with Gasteiger partial charge < -0.3 is 0 Å². The molecule has 0 saturated heterocycles. The van der Waals surface area contributed by atoms with Crippen molar-refractivity contribution in [3.05, 3.63) is 106 Å². The van der Waals surface area contributed by atoms with Gasteiger partial charge in [-0.2, -0.15) is 0 Å². The number of pyridine rings is 1. The molecule has 0 fully saturated rings. The molecule has 0 saturated carbocycles. The summed E-state index contributed by atoms with van der Waals surface area (Å²) in [4.78, 5) is 5.13. The molecule has 0 bridgehead atoms. The fourth-order valence-corrected chi connectivity index (χ4v) is 6.58. The van der Waals surface area contributed by atoms with Crippen molar-refractivity contribution in [3.8, 4) is 22.4 Å². The van der Waals surface area contributed by atoms with Crippen LogP contribution in [-0.4, -0.2) is 9.38 Å². The first-order chi connectivity index (χ1) is 18.3. The second kappa shape index (κ2) is 9.13. The van der Waals surface area contributed by atoms with Crippen LogP contribution in [0.3, 0.4) is 0 Å². The number of aromatic nitrogens is 2. The Labute approximate surface area is 226 Å². The van der Waals surface area contributed by atoms with Crippen molar-refractivity contribution in [3.63, 3.8) is 0 Å². The first-order valence-corrected chi connectivity index (χ1v) is 13.8. The van der Waals surface area contributed by atoms with Crippen LogP contribution in [-0.2, 0) is 0 Å². The van der Waals surface area contributed by atoms with Crippen LogP contribution in [0.5, 0.6) is 0 Å². The largest absolute Gasteiger partial charge is 0.292 e. The molecule has 0 aliphatic carbocycles. The van der Waals surface area contributed by atoms with Crippen molar-refractivity contribution in [1.82, 2.24) is 9.38 Å². The van der Waals surface area contributed by atoms with E-state index in [1.54, 1.807) is 0 Å². The molecule has 2 aromatic heterocycles. The summed E-state index contributed by atoms with van der Waals surface area (Å²) in [7, 11) is 0. The standard InChI is InChI=1S/C36H36N2/c1-8-22(3)28-13-10-14-29-30-19-27(33-23(4)11-9-12-24(33)5)15-16-31(30)38-32(20-37-36(38)35(28)29)34-25(6)17-21(2)18-26(34)7/h9-20,22H,8H2,1-7H3. The maximum absolute atomic E-state index is 5.13. The minimum absolute atomic E-state index is 0.449. The Morgan fingerprint density at radius 2 is 1.42 bits per heavy atom. The quantitative estimate of drug-likeness (QED) is 0.222. The summed E-state index contributed by atoms with van der Waals surface area (Å²) in [6, 6.07) is 25.0. The maximum atomic E-state index is 5.13. The van der Waals surface area contributed by atoms with E-state index >= 15 is 0 Å². The van der Waals surface area contributed by atoms with Crippen LogP contribution in [0.15, 0.2) is 72.9 Å². The zero-order valence-electron chi connectivity index (χ0n) is 23.6. The Hall–Kier alpha value is -3.91. The third-order valence-corrected chi connectivity index (χ3v) is 8.46. The van der Waals surface area contributed by atoms with Crippen LogP contribution in [0.2, 0.25) is 0 Å². The Bertz CT molecular complexity index is 1830. The molecule has 0 aliphatic rings. The van der Waals surface area contributed by atoms with Gasteiger partial charge in [0.15, 0.2) is 0 Å². The van der Waals surface area contributed by atoms with Gasteiger partial charge in [-0.15, -0.1) is 0 Å². The van der Waals surface area contributed by atoms with Gasteiger partial charge >= 0.3 is 0 Å². The van der Waals surface area contributed by atoms with E-state index in [2.05, 4.69) is 126 Å². The Balaban J connectivity index is 1.80. The lowest BCUT2D eigenvalue weighted by atomic mass is 9.90. The summed E-state index contributed by atoms with van der Waals surface area (Å²) >= 11 is 0. The highest BCUT2D eigenvalue weighted by molar-refractivity contribution is 6.14. The molecule has 0 amide bonds. The van der Waals surface area contributed by atoms with Crippen molar-refractivity contribution in [1.29, 1.82) is 0 Å². The fraction of sp³-hybridized carbons (Fsp3) is 0.250. The Kier molecular flexibility index (Phi) is 5.87. The minimum Gasteiger partial charge on any atom is -0.292 e. The number of hydrogen-bond donors (Lipinski definition) is 0. The second-order valence-corrected chi connectivity index (χ2v) is 11.2. The van der Waals surface area contributed by atoms with Crippen LogP contribution in [0.1, 0.15) is 59.6 Å². The third-order valence-electron chi connectivity index (χ3n) is 8.46. The van der Waals surface area contributed by atoms with Crippen molar-refractivity contribution < 1.29 is 0 Å². The van der Waals surface area contributed by atoms with E-state index < -0.39 is 0 Å². The highest BCUT2D eigenvalue weighted by atomic mass is 15.0. The number of rotatable bonds is 4. The molecular weight excluding hydrogens is 460 g/mol. The van der Waals surface area contributed by atoms with Crippen LogP contribution in [0.4, 0.5) is 0 Å². The predicted octanol–water partition coefficient (Wildman–Crippen LogP) is 10.0. The highest BCUT2D eigenvalue weighted by Gasteiger charge is 2.21. The molecule has 1 atom stereocenters. The fourth-order valence-electron chi connectivity index (χ4n) is 6.58. The minimum atomic E-state index is 0.449. The van der Waals surface area contributed by atoms with Gasteiger partial charge in [0.1, 0.15) is 5.65 Å². The summed E-state index contributed by atoms with van der Waals surface area (Å²) in [6.45, 7) is 15.7. The number of nitrogens with zero attached hydrogens (tertiary/aromatic N) is 2. The van der Waals surface area contributed by atoms with Gasteiger partial charge in [0.2, 0.25) is 0 Å². The van der Waals surface area contributed by atoms with E-state index in [1.165, 1.54) is 77.4 Å². The SMILES string of the molecule is CCC(C)c1cccc2c3cc(-c4c(C)cccc4C)ccc3n3c(-c4c(C)cc(C)cc4C)cnc3c12. The summed E-state index contributed by atoms with van der Waals surface area (Å²) in [5.41, 5.74) is 15.2. The number of fused-ring (bicyclic) bond motifs is 6. The van der Waals surface area contributed by atoms with E-state index in [0.717, 1.165) is 12.1 Å². The first-order valence-electron chi connectivity index (χ1n) is 13.8. The van der Waals surface area contributed by atoms with Gasteiger partial charge in [-0.25, -0.2) is 4.98 Å². The van der Waals surface area contributed by atoms with Gasteiger partial charge in [0.25, 0.3) is 0 Å². The summed E-state index contributed by atoms with van der Waals surface area (Å²) in [5.74, 6) is 0.449. The molecule has 0 N–H and O–H groups in total. The molecular formula is C36H36N2.